The first kappa shape index (κ1) is 22.4. The van der Waals surface area contributed by atoms with Crippen LogP contribution in [0.4, 0.5) is 30.2 Å². The Balaban J connectivity index is 1.67. The minimum atomic E-state index is -4.84. The first-order chi connectivity index (χ1) is 14.4. The minimum absolute atomic E-state index is 0.0395. The second-order valence-electron chi connectivity index (χ2n) is 6.72. The SMILES string of the molecule is Cc1ccc(N2CCCS2(=O)=O)cc1NC(=O)C(=O)Nc1ccc(OC(F)(F)F)cc1. The number of carbonyl (C=O) groups is 2. The Morgan fingerprint density at radius 2 is 1.68 bits per heavy atom. The van der Waals surface area contributed by atoms with Gasteiger partial charge < -0.3 is 15.4 Å². The van der Waals surface area contributed by atoms with E-state index in [-0.39, 0.29) is 17.1 Å². The molecule has 1 aliphatic rings. The maximum Gasteiger partial charge on any atom is 0.573 e. The van der Waals surface area contributed by atoms with E-state index in [1.54, 1.807) is 19.1 Å². The van der Waals surface area contributed by atoms with Crippen molar-refractivity contribution >= 4 is 38.9 Å². The van der Waals surface area contributed by atoms with Crippen molar-refractivity contribution in [2.24, 2.45) is 0 Å². The molecule has 1 fully saturated rings. The van der Waals surface area contributed by atoms with Crippen molar-refractivity contribution in [1.29, 1.82) is 0 Å². The topological polar surface area (TPSA) is 105 Å². The molecule has 2 aromatic carbocycles. The molecule has 8 nitrogen and oxygen atoms in total. The molecule has 0 bridgehead atoms. The molecule has 166 valence electrons. The van der Waals surface area contributed by atoms with Gasteiger partial charge in [-0.15, -0.1) is 13.2 Å². The number of nitrogens with zero attached hydrogens (tertiary/aromatic N) is 1. The first-order valence-corrected chi connectivity index (χ1v) is 10.6. The molecule has 0 saturated carbocycles. The van der Waals surface area contributed by atoms with E-state index in [1.807, 2.05) is 0 Å². The number of benzene rings is 2. The Labute approximate surface area is 176 Å². The van der Waals surface area contributed by atoms with E-state index < -0.39 is 33.9 Å². The van der Waals surface area contributed by atoms with Gasteiger partial charge in [0, 0.05) is 17.9 Å². The van der Waals surface area contributed by atoms with Crippen LogP contribution in [-0.2, 0) is 19.6 Å². The standard InChI is InChI=1S/C19H18F3N3O5S/c1-12-3-6-14(25-9-2-10-31(25,28)29)11-16(12)24-18(27)17(26)23-13-4-7-15(8-5-13)30-19(20,21)22/h3-8,11H,2,9-10H2,1H3,(H,23,26)(H,24,27). The summed E-state index contributed by atoms with van der Waals surface area (Å²) in [6.07, 6.45) is -4.35. The smallest absolute Gasteiger partial charge is 0.406 e. The molecule has 2 aromatic rings. The molecule has 1 saturated heterocycles. The number of anilines is 3. The van der Waals surface area contributed by atoms with Gasteiger partial charge in [-0.25, -0.2) is 8.42 Å². The van der Waals surface area contributed by atoms with Crippen LogP contribution in [0.5, 0.6) is 5.75 Å². The number of hydrogen-bond acceptors (Lipinski definition) is 5. The monoisotopic (exact) mass is 457 g/mol. The average Bonchev–Trinajstić information content (AvgIpc) is 3.03. The Morgan fingerprint density at radius 1 is 1.03 bits per heavy atom. The van der Waals surface area contributed by atoms with Crippen LogP contribution in [0.2, 0.25) is 0 Å². The number of carbonyl (C=O) groups excluding carboxylic acids is 2. The fourth-order valence-corrected chi connectivity index (χ4v) is 4.49. The molecule has 2 N–H and O–H groups in total. The second-order valence-corrected chi connectivity index (χ2v) is 8.73. The highest BCUT2D eigenvalue weighted by Gasteiger charge is 2.31. The zero-order valence-electron chi connectivity index (χ0n) is 16.2. The van der Waals surface area contributed by atoms with Crippen molar-refractivity contribution in [3.05, 3.63) is 48.0 Å². The van der Waals surface area contributed by atoms with E-state index in [1.165, 1.54) is 10.4 Å². The number of amides is 2. The molecule has 0 aliphatic carbocycles. The Kier molecular flexibility index (Phi) is 6.11. The van der Waals surface area contributed by atoms with Crippen LogP contribution >= 0.6 is 0 Å². The fourth-order valence-electron chi connectivity index (χ4n) is 2.94. The van der Waals surface area contributed by atoms with E-state index in [0.29, 0.717) is 24.2 Å². The van der Waals surface area contributed by atoms with Crippen LogP contribution in [0.3, 0.4) is 0 Å². The lowest BCUT2D eigenvalue weighted by atomic mass is 10.1. The molecule has 1 heterocycles. The van der Waals surface area contributed by atoms with Gasteiger partial charge in [-0.1, -0.05) is 6.07 Å². The van der Waals surface area contributed by atoms with Crippen molar-refractivity contribution in [2.45, 2.75) is 19.7 Å². The van der Waals surface area contributed by atoms with Crippen LogP contribution in [0.15, 0.2) is 42.5 Å². The summed E-state index contributed by atoms with van der Waals surface area (Å²) in [5.41, 5.74) is 1.33. The van der Waals surface area contributed by atoms with E-state index in [4.69, 9.17) is 0 Å². The molecule has 3 rings (SSSR count). The first-order valence-electron chi connectivity index (χ1n) is 9.04. The van der Waals surface area contributed by atoms with Crippen molar-refractivity contribution in [1.82, 2.24) is 0 Å². The summed E-state index contributed by atoms with van der Waals surface area (Å²) in [4.78, 5) is 24.4. The average molecular weight is 457 g/mol. The summed E-state index contributed by atoms with van der Waals surface area (Å²) in [6.45, 7) is 2.00. The third-order valence-corrected chi connectivity index (χ3v) is 6.28. The molecule has 0 aromatic heterocycles. The predicted molar refractivity (Wildman–Crippen MR) is 107 cm³/mol. The number of ether oxygens (including phenoxy) is 1. The third-order valence-electron chi connectivity index (χ3n) is 4.41. The van der Waals surface area contributed by atoms with Crippen molar-refractivity contribution in [2.75, 3.05) is 27.2 Å². The van der Waals surface area contributed by atoms with Gasteiger partial charge in [-0.05, 0) is 55.3 Å². The summed E-state index contributed by atoms with van der Waals surface area (Å²) in [5.74, 6) is -2.51. The maximum atomic E-state index is 12.3. The lowest BCUT2D eigenvalue weighted by Crippen LogP contribution is -2.29. The predicted octanol–water partition coefficient (Wildman–Crippen LogP) is 3.01. The molecular formula is C19H18F3N3O5S. The summed E-state index contributed by atoms with van der Waals surface area (Å²) in [5, 5.41) is 4.68. The van der Waals surface area contributed by atoms with Crippen LogP contribution in [0.1, 0.15) is 12.0 Å². The largest absolute Gasteiger partial charge is 0.573 e. The minimum Gasteiger partial charge on any atom is -0.406 e. The number of nitrogens with one attached hydrogen (secondary N) is 2. The molecule has 2 amide bonds. The van der Waals surface area contributed by atoms with Crippen molar-refractivity contribution in [3.8, 4) is 5.75 Å². The van der Waals surface area contributed by atoms with Crippen LogP contribution in [0.25, 0.3) is 0 Å². The molecule has 0 atom stereocenters. The highest BCUT2D eigenvalue weighted by molar-refractivity contribution is 7.93. The Morgan fingerprint density at radius 3 is 2.26 bits per heavy atom. The quantitative estimate of drug-likeness (QED) is 0.687. The lowest BCUT2D eigenvalue weighted by Gasteiger charge is -2.19. The highest BCUT2D eigenvalue weighted by atomic mass is 32.2. The van der Waals surface area contributed by atoms with Gasteiger partial charge in [0.15, 0.2) is 0 Å². The molecule has 31 heavy (non-hydrogen) atoms. The van der Waals surface area contributed by atoms with Gasteiger partial charge in [0.05, 0.1) is 11.4 Å². The summed E-state index contributed by atoms with van der Waals surface area (Å²) in [6, 6.07) is 8.98. The molecule has 0 unspecified atom stereocenters. The number of rotatable bonds is 4. The Bertz CT molecular complexity index is 1100. The molecule has 12 heteroatoms. The zero-order chi connectivity index (χ0) is 22.8. The van der Waals surface area contributed by atoms with Gasteiger partial charge in [-0.2, -0.15) is 0 Å². The van der Waals surface area contributed by atoms with Crippen molar-refractivity contribution in [3.63, 3.8) is 0 Å². The van der Waals surface area contributed by atoms with E-state index in [9.17, 15) is 31.2 Å². The van der Waals surface area contributed by atoms with E-state index >= 15 is 0 Å². The molecule has 1 aliphatic heterocycles. The van der Waals surface area contributed by atoms with E-state index in [2.05, 4.69) is 15.4 Å². The van der Waals surface area contributed by atoms with Gasteiger partial charge in [0.1, 0.15) is 5.75 Å². The zero-order valence-corrected chi connectivity index (χ0v) is 17.0. The Hall–Kier alpha value is -3.28. The van der Waals surface area contributed by atoms with Crippen LogP contribution in [0, 0.1) is 6.92 Å². The second kappa shape index (κ2) is 8.46. The highest BCUT2D eigenvalue weighted by Crippen LogP contribution is 2.29. The van der Waals surface area contributed by atoms with Gasteiger partial charge in [0.25, 0.3) is 0 Å². The molecule has 0 radical (unpaired) electrons. The molecule has 0 spiro atoms. The number of halogens is 3. The number of aryl methyl sites for hydroxylation is 1. The number of sulfonamides is 1. The van der Waals surface area contributed by atoms with Gasteiger partial charge in [0.2, 0.25) is 10.0 Å². The summed E-state index contributed by atoms with van der Waals surface area (Å²) in [7, 11) is -3.41. The number of alkyl halides is 3. The maximum absolute atomic E-state index is 12.3. The normalized spacial score (nSPS) is 15.4. The third kappa shape index (κ3) is 5.66. The summed E-state index contributed by atoms with van der Waals surface area (Å²) >= 11 is 0. The summed E-state index contributed by atoms with van der Waals surface area (Å²) < 4.78 is 65.7. The van der Waals surface area contributed by atoms with Crippen molar-refractivity contribution < 1.29 is 35.9 Å². The lowest BCUT2D eigenvalue weighted by molar-refractivity contribution is -0.274. The van der Waals surface area contributed by atoms with Gasteiger partial charge >= 0.3 is 18.2 Å². The van der Waals surface area contributed by atoms with Gasteiger partial charge in [-0.3, -0.25) is 13.9 Å². The van der Waals surface area contributed by atoms with Crippen LogP contribution in [-0.4, -0.2) is 38.9 Å². The van der Waals surface area contributed by atoms with E-state index in [0.717, 1.165) is 24.3 Å². The molecular weight excluding hydrogens is 439 g/mol. The van der Waals surface area contributed by atoms with Crippen LogP contribution < -0.4 is 19.7 Å². The fraction of sp³-hybridized carbons (Fsp3) is 0.263. The number of hydrogen-bond donors (Lipinski definition) is 2.